The zero-order chi connectivity index (χ0) is 7.56. The number of nitrogens with one attached hydrogen (secondary N) is 1. The van der Waals surface area contributed by atoms with Crippen molar-refractivity contribution in [3.05, 3.63) is 0 Å². The molecule has 0 fully saturated rings. The Kier molecular flexibility index (Phi) is 2.21. The first-order chi connectivity index (χ1) is 4.75. The third-order valence-electron chi connectivity index (χ3n) is 1.39. The molecule has 2 atom stereocenters. The Balaban J connectivity index is 2.62. The number of hydrogen-bond donors (Lipinski definition) is 4. The molecule has 5 nitrogen and oxygen atoms in total. The van der Waals surface area contributed by atoms with Crippen LogP contribution in [0.5, 0.6) is 0 Å². The van der Waals surface area contributed by atoms with Gasteiger partial charge in [0.25, 0.3) is 0 Å². The first-order valence-electron chi connectivity index (χ1n) is 3.02. The number of aliphatic hydroxyl groups is 3. The Hall–Kier alpha value is -0.650. The lowest BCUT2D eigenvalue weighted by Crippen LogP contribution is -2.46. The minimum absolute atomic E-state index is 0.179. The maximum atomic E-state index is 9.06. The average molecular weight is 146 g/mol. The van der Waals surface area contributed by atoms with E-state index in [0.29, 0.717) is 0 Å². The highest BCUT2D eigenvalue weighted by atomic mass is 16.3. The lowest BCUT2D eigenvalue weighted by molar-refractivity contribution is 0.0502. The SMILES string of the molecule is OCC1=NNCC(O)C1O. The first kappa shape index (κ1) is 7.46. The molecular formula is C5H10N2O3. The van der Waals surface area contributed by atoms with Gasteiger partial charge in [0.15, 0.2) is 0 Å². The molecule has 0 bridgehead atoms. The highest BCUT2D eigenvalue weighted by Crippen LogP contribution is 1.99. The van der Waals surface area contributed by atoms with Crippen molar-refractivity contribution in [1.29, 1.82) is 0 Å². The number of β-amino-alcohol motifs (C(OH)–C–C–N with tert-alkyl or cyclic N) is 1. The van der Waals surface area contributed by atoms with Crippen molar-refractivity contribution < 1.29 is 15.3 Å². The van der Waals surface area contributed by atoms with Crippen LogP contribution in [0.3, 0.4) is 0 Å². The smallest absolute Gasteiger partial charge is 0.124 e. The van der Waals surface area contributed by atoms with Crippen molar-refractivity contribution >= 4 is 5.71 Å². The molecule has 1 aliphatic rings. The summed E-state index contributed by atoms with van der Waals surface area (Å²) in [5.74, 6) is 0. The van der Waals surface area contributed by atoms with E-state index in [0.717, 1.165) is 0 Å². The lowest BCUT2D eigenvalue weighted by Gasteiger charge is -2.22. The fourth-order valence-electron chi connectivity index (χ4n) is 0.769. The number of hydrazone groups is 1. The minimum Gasteiger partial charge on any atom is -0.390 e. The van der Waals surface area contributed by atoms with Crippen LogP contribution in [0.15, 0.2) is 5.10 Å². The van der Waals surface area contributed by atoms with Crippen molar-refractivity contribution in [2.45, 2.75) is 12.2 Å². The molecule has 0 aromatic carbocycles. The van der Waals surface area contributed by atoms with Gasteiger partial charge in [-0.2, -0.15) is 5.10 Å². The summed E-state index contributed by atoms with van der Waals surface area (Å²) in [4.78, 5) is 0. The maximum absolute atomic E-state index is 9.06. The van der Waals surface area contributed by atoms with Gasteiger partial charge in [0.2, 0.25) is 0 Å². The van der Waals surface area contributed by atoms with E-state index >= 15 is 0 Å². The second-order valence-corrected chi connectivity index (χ2v) is 2.14. The predicted molar refractivity (Wildman–Crippen MR) is 34.5 cm³/mol. The molecule has 0 aliphatic carbocycles. The van der Waals surface area contributed by atoms with E-state index in [9.17, 15) is 0 Å². The van der Waals surface area contributed by atoms with Gasteiger partial charge in [-0.05, 0) is 0 Å². The number of rotatable bonds is 1. The Bertz CT molecular complexity index is 148. The molecule has 58 valence electrons. The van der Waals surface area contributed by atoms with Gasteiger partial charge in [-0.1, -0.05) is 0 Å². The standard InChI is InChI=1S/C5H10N2O3/c8-2-3-5(10)4(9)1-6-7-3/h4-6,8-10H,1-2H2. The van der Waals surface area contributed by atoms with Gasteiger partial charge in [-0.3, -0.25) is 0 Å². The van der Waals surface area contributed by atoms with Crippen LogP contribution in [0, 0.1) is 0 Å². The van der Waals surface area contributed by atoms with Crippen molar-refractivity contribution in [2.75, 3.05) is 13.2 Å². The molecule has 0 saturated heterocycles. The largest absolute Gasteiger partial charge is 0.390 e. The fourth-order valence-corrected chi connectivity index (χ4v) is 0.769. The van der Waals surface area contributed by atoms with Crippen LogP contribution in [-0.4, -0.2) is 46.4 Å². The van der Waals surface area contributed by atoms with Gasteiger partial charge in [0.1, 0.15) is 12.2 Å². The lowest BCUT2D eigenvalue weighted by atomic mass is 10.1. The molecule has 10 heavy (non-hydrogen) atoms. The first-order valence-corrected chi connectivity index (χ1v) is 3.02. The molecule has 0 amide bonds. The van der Waals surface area contributed by atoms with Crippen molar-refractivity contribution in [3.63, 3.8) is 0 Å². The van der Waals surface area contributed by atoms with Crippen LogP contribution in [0.25, 0.3) is 0 Å². The highest BCUT2D eigenvalue weighted by Gasteiger charge is 2.24. The Morgan fingerprint density at radius 3 is 2.80 bits per heavy atom. The summed E-state index contributed by atoms with van der Waals surface area (Å²) in [7, 11) is 0. The summed E-state index contributed by atoms with van der Waals surface area (Å²) < 4.78 is 0. The van der Waals surface area contributed by atoms with E-state index in [-0.39, 0.29) is 18.9 Å². The molecule has 0 spiro atoms. The summed E-state index contributed by atoms with van der Waals surface area (Å²) in [6.07, 6.45) is -1.88. The molecule has 1 heterocycles. The molecular weight excluding hydrogens is 136 g/mol. The maximum Gasteiger partial charge on any atom is 0.124 e. The molecule has 0 saturated carbocycles. The van der Waals surface area contributed by atoms with Crippen LogP contribution < -0.4 is 5.43 Å². The van der Waals surface area contributed by atoms with E-state index in [1.165, 1.54) is 0 Å². The van der Waals surface area contributed by atoms with Gasteiger partial charge in [0, 0.05) is 0 Å². The van der Waals surface area contributed by atoms with Crippen molar-refractivity contribution in [1.82, 2.24) is 5.43 Å². The second kappa shape index (κ2) is 2.96. The zero-order valence-corrected chi connectivity index (χ0v) is 5.36. The fraction of sp³-hybridized carbons (Fsp3) is 0.800. The summed E-state index contributed by atoms with van der Waals surface area (Å²) in [6, 6.07) is 0. The molecule has 1 rings (SSSR count). The molecule has 5 heteroatoms. The molecule has 0 aromatic rings. The van der Waals surface area contributed by atoms with Crippen LogP contribution in [0.2, 0.25) is 0 Å². The summed E-state index contributed by atoms with van der Waals surface area (Å²) >= 11 is 0. The summed E-state index contributed by atoms with van der Waals surface area (Å²) in [6.45, 7) is -0.101. The Morgan fingerprint density at radius 2 is 2.30 bits per heavy atom. The third-order valence-corrected chi connectivity index (χ3v) is 1.39. The summed E-state index contributed by atoms with van der Waals surface area (Å²) in [5.41, 5.74) is 2.66. The molecule has 2 unspecified atom stereocenters. The molecule has 0 radical (unpaired) electrons. The van der Waals surface area contributed by atoms with Gasteiger partial charge in [-0.15, -0.1) is 0 Å². The van der Waals surface area contributed by atoms with Gasteiger partial charge < -0.3 is 20.7 Å². The van der Waals surface area contributed by atoms with Crippen molar-refractivity contribution in [3.8, 4) is 0 Å². The predicted octanol–water partition coefficient (Wildman–Crippen LogP) is -2.34. The zero-order valence-electron chi connectivity index (χ0n) is 5.36. The van der Waals surface area contributed by atoms with E-state index in [2.05, 4.69) is 10.5 Å². The van der Waals surface area contributed by atoms with Gasteiger partial charge in [0.05, 0.1) is 18.9 Å². The number of hydrogen-bond acceptors (Lipinski definition) is 5. The van der Waals surface area contributed by atoms with Gasteiger partial charge in [-0.25, -0.2) is 0 Å². The van der Waals surface area contributed by atoms with Crippen molar-refractivity contribution in [2.24, 2.45) is 5.10 Å². The van der Waals surface area contributed by atoms with Crippen LogP contribution in [-0.2, 0) is 0 Å². The third kappa shape index (κ3) is 1.26. The van der Waals surface area contributed by atoms with Crippen LogP contribution in [0.1, 0.15) is 0 Å². The van der Waals surface area contributed by atoms with E-state index < -0.39 is 12.2 Å². The second-order valence-electron chi connectivity index (χ2n) is 2.14. The average Bonchev–Trinajstić information content (AvgIpc) is 1.95. The van der Waals surface area contributed by atoms with E-state index in [1.807, 2.05) is 0 Å². The summed E-state index contributed by atoms with van der Waals surface area (Å²) in [5, 5.41) is 30.2. The molecule has 4 N–H and O–H groups in total. The molecule has 0 aromatic heterocycles. The Morgan fingerprint density at radius 1 is 1.60 bits per heavy atom. The van der Waals surface area contributed by atoms with Crippen LogP contribution >= 0.6 is 0 Å². The molecule has 1 aliphatic heterocycles. The topological polar surface area (TPSA) is 85.1 Å². The highest BCUT2D eigenvalue weighted by molar-refractivity contribution is 5.90. The van der Waals surface area contributed by atoms with Gasteiger partial charge >= 0.3 is 0 Å². The Labute approximate surface area is 58.0 Å². The van der Waals surface area contributed by atoms with E-state index in [1.54, 1.807) is 0 Å². The van der Waals surface area contributed by atoms with Crippen LogP contribution in [0.4, 0.5) is 0 Å². The quantitative estimate of drug-likeness (QED) is 0.334. The normalized spacial score (nSPS) is 32.9. The number of nitrogens with zero attached hydrogens (tertiary/aromatic N) is 1. The monoisotopic (exact) mass is 146 g/mol. The minimum atomic E-state index is -1.02. The number of aliphatic hydroxyl groups excluding tert-OH is 3. The van der Waals surface area contributed by atoms with E-state index in [4.69, 9.17) is 15.3 Å².